The Morgan fingerprint density at radius 3 is 2.50 bits per heavy atom. The highest BCUT2D eigenvalue weighted by molar-refractivity contribution is 7.89. The maximum absolute atomic E-state index is 15.1. The molecule has 3 aromatic rings. The molecule has 250 valence electrons. The first kappa shape index (κ1) is 32.3. The van der Waals surface area contributed by atoms with Crippen molar-refractivity contribution in [1.29, 1.82) is 0 Å². The van der Waals surface area contributed by atoms with Crippen LogP contribution in [0.5, 0.6) is 0 Å². The minimum atomic E-state index is -4.08. The zero-order chi connectivity index (χ0) is 33.2. The zero-order valence-corrected chi connectivity index (χ0v) is 26.9. The summed E-state index contributed by atoms with van der Waals surface area (Å²) in [5.74, 6) is -5.32. The number of aryl methyl sites for hydroxylation is 1. The number of benzene rings is 1. The first-order valence-corrected chi connectivity index (χ1v) is 16.6. The van der Waals surface area contributed by atoms with Gasteiger partial charge in [-0.2, -0.15) is 13.9 Å². The van der Waals surface area contributed by atoms with Crippen LogP contribution in [0.15, 0.2) is 34.2 Å². The number of piperazine rings is 1. The molecule has 2 saturated carbocycles. The third-order valence-corrected chi connectivity index (χ3v) is 10.9. The summed E-state index contributed by atoms with van der Waals surface area (Å²) in [6.45, 7) is 3.42. The van der Waals surface area contributed by atoms with Crippen molar-refractivity contribution < 1.29 is 31.9 Å². The summed E-state index contributed by atoms with van der Waals surface area (Å²) in [7, 11) is -0.984. The molecule has 1 amide bonds. The predicted octanol–water partition coefficient (Wildman–Crippen LogP) is 1.57. The molecule has 1 aromatic carbocycles. The quantitative estimate of drug-likeness (QED) is 0.271. The summed E-state index contributed by atoms with van der Waals surface area (Å²) < 4.78 is 63.1. The van der Waals surface area contributed by atoms with Crippen molar-refractivity contribution in [3.8, 4) is 0 Å². The molecule has 0 bridgehead atoms. The van der Waals surface area contributed by atoms with Gasteiger partial charge in [-0.25, -0.2) is 23.6 Å². The number of hydrogen-bond acceptors (Lipinski definition) is 10. The van der Waals surface area contributed by atoms with E-state index in [1.54, 1.807) is 42.9 Å². The predicted molar refractivity (Wildman–Crippen MR) is 164 cm³/mol. The Morgan fingerprint density at radius 2 is 1.93 bits per heavy atom. The zero-order valence-electron chi connectivity index (χ0n) is 26.1. The van der Waals surface area contributed by atoms with Gasteiger partial charge in [0.2, 0.25) is 16.0 Å². The molecule has 3 fully saturated rings. The fourth-order valence-corrected chi connectivity index (χ4v) is 7.60. The van der Waals surface area contributed by atoms with E-state index in [0.717, 1.165) is 4.90 Å². The van der Waals surface area contributed by atoms with Crippen LogP contribution in [0.4, 0.5) is 20.4 Å². The molecule has 1 aliphatic heterocycles. The van der Waals surface area contributed by atoms with Gasteiger partial charge in [0.05, 0.1) is 35.8 Å². The van der Waals surface area contributed by atoms with Gasteiger partial charge in [0.25, 0.3) is 11.5 Å². The molecule has 46 heavy (non-hydrogen) atoms. The molecule has 0 radical (unpaired) electrons. The molecule has 3 N–H and O–H groups in total. The largest absolute Gasteiger partial charge is 0.383 e. The molecule has 3 aliphatic rings. The average molecular weight is 665 g/mol. The minimum Gasteiger partial charge on any atom is -0.383 e. The maximum Gasteiger partial charge on any atom is 0.352 e. The SMILES string of the molecule is CONc1nc2c(N3CCN(C(=O)C(F)(F)C4(O)CCC4)[C@H](C)C3)cc(S(=O)(=O)NC3(C)CC3)cc2c(=O)n1Cc1cnn(C)c1. The maximum atomic E-state index is 15.1. The van der Waals surface area contributed by atoms with Crippen LogP contribution in [0, 0.1) is 0 Å². The summed E-state index contributed by atoms with van der Waals surface area (Å²) in [5.41, 5.74) is 0.302. The monoisotopic (exact) mass is 664 g/mol. The number of rotatable bonds is 10. The van der Waals surface area contributed by atoms with Crippen molar-refractivity contribution in [3.05, 3.63) is 40.4 Å². The number of aromatic nitrogens is 4. The molecule has 14 nitrogen and oxygen atoms in total. The smallest absolute Gasteiger partial charge is 0.352 e. The van der Waals surface area contributed by atoms with Gasteiger partial charge >= 0.3 is 5.92 Å². The van der Waals surface area contributed by atoms with E-state index in [-0.39, 0.29) is 66.5 Å². The van der Waals surface area contributed by atoms with Gasteiger partial charge in [-0.1, -0.05) is 0 Å². The van der Waals surface area contributed by atoms with Crippen LogP contribution >= 0.6 is 0 Å². The van der Waals surface area contributed by atoms with Crippen LogP contribution in [0.3, 0.4) is 0 Å². The van der Waals surface area contributed by atoms with Crippen LogP contribution < -0.4 is 20.7 Å². The number of carbonyl (C=O) groups excluding carboxylic acids is 1. The van der Waals surface area contributed by atoms with Gasteiger partial charge in [-0.15, -0.1) is 0 Å². The Bertz CT molecular complexity index is 1850. The number of anilines is 2. The number of hydrogen-bond donors (Lipinski definition) is 3. The number of sulfonamides is 1. The molecule has 0 spiro atoms. The van der Waals surface area contributed by atoms with E-state index in [4.69, 9.17) is 9.82 Å². The number of nitrogens with one attached hydrogen (secondary N) is 2. The van der Waals surface area contributed by atoms with E-state index in [1.807, 2.05) is 0 Å². The Labute approximate surface area is 264 Å². The van der Waals surface area contributed by atoms with E-state index in [1.165, 1.54) is 23.8 Å². The topological polar surface area (TPSA) is 164 Å². The molecule has 2 aliphatic carbocycles. The highest BCUT2D eigenvalue weighted by Gasteiger charge is 2.62. The summed E-state index contributed by atoms with van der Waals surface area (Å²) in [6.07, 6.45) is 4.78. The van der Waals surface area contributed by atoms with E-state index in [2.05, 4.69) is 15.3 Å². The van der Waals surface area contributed by atoms with Crippen molar-refractivity contribution in [2.45, 2.75) is 80.5 Å². The normalized spacial score (nSPS) is 20.9. The number of amides is 1. The minimum absolute atomic E-state index is 0.0225. The molecule has 3 heterocycles. The van der Waals surface area contributed by atoms with Crippen molar-refractivity contribution in [2.24, 2.45) is 7.05 Å². The number of alkyl halides is 2. The van der Waals surface area contributed by atoms with Gasteiger partial charge in [0, 0.05) is 50.0 Å². The third kappa shape index (κ3) is 5.62. The lowest BCUT2D eigenvalue weighted by Crippen LogP contribution is -2.65. The highest BCUT2D eigenvalue weighted by atomic mass is 32.2. The molecule has 6 rings (SSSR count). The molecule has 1 saturated heterocycles. The Balaban J connectivity index is 1.42. The Morgan fingerprint density at radius 1 is 1.22 bits per heavy atom. The molecule has 1 atom stereocenters. The Hall–Kier alpha value is -3.67. The molecule has 0 unspecified atom stereocenters. The number of fused-ring (bicyclic) bond motifs is 1. The second kappa shape index (κ2) is 11.2. The van der Waals surface area contributed by atoms with Crippen LogP contribution in [-0.2, 0) is 33.2 Å². The van der Waals surface area contributed by atoms with E-state index >= 15 is 8.78 Å². The van der Waals surface area contributed by atoms with E-state index in [9.17, 15) is 23.1 Å². The molecule has 2 aromatic heterocycles. The average Bonchev–Trinajstić information content (AvgIpc) is 3.55. The van der Waals surface area contributed by atoms with Gasteiger partial charge in [0.15, 0.2) is 0 Å². The van der Waals surface area contributed by atoms with Crippen molar-refractivity contribution in [1.82, 2.24) is 29.0 Å². The van der Waals surface area contributed by atoms with E-state index < -0.39 is 44.6 Å². The number of aliphatic hydroxyl groups is 1. The van der Waals surface area contributed by atoms with Crippen LogP contribution in [0.1, 0.15) is 51.5 Å². The molecular formula is C29H38F2N8O6S. The lowest BCUT2D eigenvalue weighted by Gasteiger charge is -2.46. The first-order valence-electron chi connectivity index (χ1n) is 15.1. The Kier molecular flexibility index (Phi) is 7.89. The van der Waals surface area contributed by atoms with Gasteiger partial charge < -0.3 is 14.9 Å². The standard InChI is InChI=1S/C29H38F2N8O6S/c1-18-15-37(10-11-38(18)25(41)29(30,31)28(42)6-5-7-28)22-13-20(46(43,44)35-27(2)8-9-27)12-21-23(22)33-26(34-45-4)39(24(21)40)17-19-14-32-36(3)16-19/h12-14,16,18,35,42H,5-11,15,17H2,1-4H3,(H,33,34)/t18-/m1/s1. The second-order valence-electron chi connectivity index (χ2n) is 12.9. The van der Waals surface area contributed by atoms with E-state index in [0.29, 0.717) is 24.8 Å². The summed E-state index contributed by atoms with van der Waals surface area (Å²) in [5, 5.41) is 14.5. The van der Waals surface area contributed by atoms with Crippen molar-refractivity contribution >= 4 is 38.5 Å². The van der Waals surface area contributed by atoms with Crippen LogP contribution in [-0.4, -0.2) is 93.5 Å². The van der Waals surface area contributed by atoms with Crippen molar-refractivity contribution in [2.75, 3.05) is 37.1 Å². The summed E-state index contributed by atoms with van der Waals surface area (Å²) in [6, 6.07) is 1.97. The van der Waals surface area contributed by atoms with Crippen LogP contribution in [0.25, 0.3) is 10.9 Å². The first-order chi connectivity index (χ1) is 21.6. The van der Waals surface area contributed by atoms with Gasteiger partial charge in [-0.05, 0) is 58.1 Å². The number of carbonyl (C=O) groups is 1. The summed E-state index contributed by atoms with van der Waals surface area (Å²) >= 11 is 0. The highest BCUT2D eigenvalue weighted by Crippen LogP contribution is 2.45. The third-order valence-electron chi connectivity index (χ3n) is 9.26. The van der Waals surface area contributed by atoms with Crippen molar-refractivity contribution in [3.63, 3.8) is 0 Å². The fourth-order valence-electron chi connectivity index (χ4n) is 6.09. The number of nitrogens with zero attached hydrogens (tertiary/aromatic N) is 6. The second-order valence-corrected chi connectivity index (χ2v) is 14.6. The van der Waals surface area contributed by atoms with Crippen LogP contribution in [0.2, 0.25) is 0 Å². The molecular weight excluding hydrogens is 626 g/mol. The molecule has 17 heteroatoms. The lowest BCUT2D eigenvalue weighted by molar-refractivity contribution is -0.224. The number of halogens is 2. The summed E-state index contributed by atoms with van der Waals surface area (Å²) in [4.78, 5) is 39.6. The fraction of sp³-hybridized carbons (Fsp3) is 0.586. The van der Waals surface area contributed by atoms with Gasteiger partial charge in [0.1, 0.15) is 11.1 Å². The van der Waals surface area contributed by atoms with Gasteiger partial charge in [-0.3, -0.25) is 23.7 Å². The lowest BCUT2D eigenvalue weighted by atomic mass is 9.75.